The van der Waals surface area contributed by atoms with Gasteiger partial charge in [-0.25, -0.2) is 0 Å². The second kappa shape index (κ2) is 5.96. The van der Waals surface area contributed by atoms with E-state index in [1.54, 1.807) is 11.3 Å². The summed E-state index contributed by atoms with van der Waals surface area (Å²) in [5.74, 6) is 5.51. The maximum absolute atomic E-state index is 5.51. The van der Waals surface area contributed by atoms with Crippen molar-refractivity contribution in [2.45, 2.75) is 32.2 Å². The van der Waals surface area contributed by atoms with E-state index in [9.17, 15) is 0 Å². The van der Waals surface area contributed by atoms with Crippen molar-refractivity contribution < 1.29 is 0 Å². The van der Waals surface area contributed by atoms with Crippen molar-refractivity contribution in [2.24, 2.45) is 5.84 Å². The highest BCUT2D eigenvalue weighted by Crippen LogP contribution is 2.15. The number of hydrazine groups is 1. The number of hydrogen-bond acceptors (Lipinski definition) is 3. The Labute approximate surface area is 89.8 Å². The summed E-state index contributed by atoms with van der Waals surface area (Å²) in [6.07, 6.45) is 2.99. The Balaban J connectivity index is 2.43. The van der Waals surface area contributed by atoms with E-state index in [2.05, 4.69) is 36.4 Å². The maximum Gasteiger partial charge on any atom is 0.0295 e. The van der Waals surface area contributed by atoms with Crippen molar-refractivity contribution in [1.82, 2.24) is 5.43 Å². The van der Waals surface area contributed by atoms with Crippen molar-refractivity contribution in [3.05, 3.63) is 34.5 Å². The van der Waals surface area contributed by atoms with Gasteiger partial charge in [0.05, 0.1) is 0 Å². The minimum atomic E-state index is 0.320. The summed E-state index contributed by atoms with van der Waals surface area (Å²) in [4.78, 5) is 1.37. The summed E-state index contributed by atoms with van der Waals surface area (Å²) >= 11 is 1.78. The topological polar surface area (TPSA) is 38.0 Å². The van der Waals surface area contributed by atoms with Gasteiger partial charge in [-0.2, -0.15) is 0 Å². The van der Waals surface area contributed by atoms with Gasteiger partial charge in [-0.1, -0.05) is 25.1 Å². The van der Waals surface area contributed by atoms with Crippen LogP contribution < -0.4 is 11.3 Å². The molecule has 1 heterocycles. The zero-order valence-electron chi connectivity index (χ0n) is 8.62. The molecule has 1 unspecified atom stereocenters. The third kappa shape index (κ3) is 3.62. The van der Waals surface area contributed by atoms with Crippen molar-refractivity contribution in [3.63, 3.8) is 0 Å². The van der Waals surface area contributed by atoms with E-state index in [0.717, 1.165) is 19.3 Å². The molecule has 0 saturated heterocycles. The van der Waals surface area contributed by atoms with E-state index in [0.29, 0.717) is 6.04 Å². The van der Waals surface area contributed by atoms with Gasteiger partial charge in [0.15, 0.2) is 0 Å². The molecule has 0 aliphatic carbocycles. The zero-order chi connectivity index (χ0) is 10.4. The molecule has 0 aliphatic heterocycles. The molecular weight excluding hydrogens is 192 g/mol. The molecule has 0 fully saturated rings. The molecule has 2 nitrogen and oxygen atoms in total. The summed E-state index contributed by atoms with van der Waals surface area (Å²) in [5, 5.41) is 2.09. The van der Waals surface area contributed by atoms with Gasteiger partial charge < -0.3 is 0 Å². The first kappa shape index (κ1) is 11.4. The molecule has 0 radical (unpaired) electrons. The summed E-state index contributed by atoms with van der Waals surface area (Å²) in [6, 6.07) is 4.53. The number of hydrogen-bond donors (Lipinski definition) is 2. The molecule has 1 rings (SSSR count). The van der Waals surface area contributed by atoms with Gasteiger partial charge >= 0.3 is 0 Å². The Morgan fingerprint density at radius 2 is 2.50 bits per heavy atom. The Hall–Kier alpha value is -0.640. The first-order valence-corrected chi connectivity index (χ1v) is 5.79. The number of nitrogens with one attached hydrogen (secondary N) is 1. The first-order valence-electron chi connectivity index (χ1n) is 4.91. The van der Waals surface area contributed by atoms with Gasteiger partial charge in [0.25, 0.3) is 0 Å². The molecule has 0 spiro atoms. The van der Waals surface area contributed by atoms with E-state index in [1.165, 1.54) is 10.5 Å². The summed E-state index contributed by atoms with van der Waals surface area (Å²) in [6.45, 7) is 6.12. The highest BCUT2D eigenvalue weighted by molar-refractivity contribution is 7.09. The van der Waals surface area contributed by atoms with Crippen LogP contribution in [-0.4, -0.2) is 6.04 Å². The molecule has 0 saturated carbocycles. The van der Waals surface area contributed by atoms with Crippen LogP contribution in [0.1, 0.15) is 24.6 Å². The molecule has 1 aromatic rings. The van der Waals surface area contributed by atoms with Crippen LogP contribution in [0.15, 0.2) is 29.7 Å². The molecule has 78 valence electrons. The second-order valence-electron chi connectivity index (χ2n) is 3.45. The van der Waals surface area contributed by atoms with Crippen LogP contribution in [0, 0.1) is 0 Å². The van der Waals surface area contributed by atoms with Gasteiger partial charge in [-0.3, -0.25) is 11.3 Å². The number of rotatable bonds is 6. The summed E-state index contributed by atoms with van der Waals surface area (Å²) in [5.41, 5.74) is 4.11. The molecule has 14 heavy (non-hydrogen) atoms. The van der Waals surface area contributed by atoms with Crippen LogP contribution >= 0.6 is 11.3 Å². The predicted molar refractivity (Wildman–Crippen MR) is 63.2 cm³/mol. The minimum Gasteiger partial charge on any atom is -0.271 e. The van der Waals surface area contributed by atoms with Crippen molar-refractivity contribution in [2.75, 3.05) is 0 Å². The monoisotopic (exact) mass is 210 g/mol. The molecule has 1 atom stereocenters. The van der Waals surface area contributed by atoms with E-state index in [1.807, 2.05) is 0 Å². The average Bonchev–Trinajstić information content (AvgIpc) is 2.69. The van der Waals surface area contributed by atoms with Crippen LogP contribution in [0.5, 0.6) is 0 Å². The third-order valence-corrected chi connectivity index (χ3v) is 3.20. The average molecular weight is 210 g/mol. The van der Waals surface area contributed by atoms with Crippen LogP contribution in [0.2, 0.25) is 0 Å². The van der Waals surface area contributed by atoms with Crippen molar-refractivity contribution in [3.8, 4) is 0 Å². The number of nitrogens with two attached hydrogens (primary N) is 1. The van der Waals surface area contributed by atoms with Gasteiger partial charge in [0.1, 0.15) is 0 Å². The fourth-order valence-electron chi connectivity index (χ4n) is 1.35. The van der Waals surface area contributed by atoms with Crippen LogP contribution in [-0.2, 0) is 6.42 Å². The molecular formula is C11H18N2S. The van der Waals surface area contributed by atoms with Gasteiger partial charge in [0, 0.05) is 10.9 Å². The quantitative estimate of drug-likeness (QED) is 0.430. The molecule has 3 heteroatoms. The van der Waals surface area contributed by atoms with Gasteiger partial charge in [-0.15, -0.1) is 11.3 Å². The molecule has 0 aliphatic rings. The van der Waals surface area contributed by atoms with Crippen LogP contribution in [0.4, 0.5) is 0 Å². The number of thiophene rings is 1. The first-order chi connectivity index (χ1) is 6.76. The molecule has 1 aromatic heterocycles. The van der Waals surface area contributed by atoms with E-state index in [4.69, 9.17) is 5.84 Å². The van der Waals surface area contributed by atoms with Crippen molar-refractivity contribution in [1.29, 1.82) is 0 Å². The lowest BCUT2D eigenvalue weighted by Crippen LogP contribution is -2.36. The normalized spacial score (nSPS) is 12.7. The smallest absolute Gasteiger partial charge is 0.0295 e. The van der Waals surface area contributed by atoms with Crippen LogP contribution in [0.3, 0.4) is 0 Å². The maximum atomic E-state index is 5.51. The Kier molecular flexibility index (Phi) is 4.87. The Morgan fingerprint density at radius 3 is 3.00 bits per heavy atom. The molecule has 3 N–H and O–H groups in total. The lowest BCUT2D eigenvalue weighted by Gasteiger charge is -2.15. The SMILES string of the molecule is C=C(CC)CC(Cc1cccs1)NN. The molecule has 0 bridgehead atoms. The van der Waals surface area contributed by atoms with E-state index < -0.39 is 0 Å². The summed E-state index contributed by atoms with van der Waals surface area (Å²) in [7, 11) is 0. The highest BCUT2D eigenvalue weighted by atomic mass is 32.1. The lowest BCUT2D eigenvalue weighted by atomic mass is 10.0. The summed E-state index contributed by atoms with van der Waals surface area (Å²) < 4.78 is 0. The minimum absolute atomic E-state index is 0.320. The van der Waals surface area contributed by atoms with E-state index >= 15 is 0 Å². The van der Waals surface area contributed by atoms with Gasteiger partial charge in [-0.05, 0) is 30.7 Å². The lowest BCUT2D eigenvalue weighted by molar-refractivity contribution is 0.520. The molecule has 0 amide bonds. The fraction of sp³-hybridized carbons (Fsp3) is 0.455. The Morgan fingerprint density at radius 1 is 1.71 bits per heavy atom. The third-order valence-electron chi connectivity index (χ3n) is 2.30. The largest absolute Gasteiger partial charge is 0.271 e. The Bertz CT molecular complexity index is 267. The standard InChI is InChI=1S/C11H18N2S/c1-3-9(2)7-10(13-12)8-11-5-4-6-14-11/h4-6,10,13H,2-3,7-8,12H2,1H3. The molecule has 0 aromatic carbocycles. The van der Waals surface area contributed by atoms with Gasteiger partial charge in [0.2, 0.25) is 0 Å². The van der Waals surface area contributed by atoms with E-state index in [-0.39, 0.29) is 0 Å². The van der Waals surface area contributed by atoms with Crippen molar-refractivity contribution >= 4 is 11.3 Å². The fourth-order valence-corrected chi connectivity index (χ4v) is 2.14. The predicted octanol–water partition coefficient (Wildman–Crippen LogP) is 2.48. The van der Waals surface area contributed by atoms with Crippen LogP contribution in [0.25, 0.3) is 0 Å². The second-order valence-corrected chi connectivity index (χ2v) is 4.49. The zero-order valence-corrected chi connectivity index (χ0v) is 9.44. The highest BCUT2D eigenvalue weighted by Gasteiger charge is 2.09.